The molecule has 0 spiro atoms. The van der Waals surface area contributed by atoms with Crippen LogP contribution in [-0.2, 0) is 13.0 Å². The Morgan fingerprint density at radius 3 is 3.21 bits per heavy atom. The molecule has 98 valence electrons. The number of hydrogen-bond donors (Lipinski definition) is 0. The van der Waals surface area contributed by atoms with Gasteiger partial charge in [0, 0.05) is 36.8 Å². The van der Waals surface area contributed by atoms with Gasteiger partial charge in [0.15, 0.2) is 0 Å². The highest BCUT2D eigenvalue weighted by atomic mass is 32.1. The van der Waals surface area contributed by atoms with Crippen LogP contribution >= 0.6 is 11.3 Å². The second-order valence-electron chi connectivity index (χ2n) is 5.57. The molecule has 2 aromatic heterocycles. The van der Waals surface area contributed by atoms with Gasteiger partial charge in [-0.2, -0.15) is 11.3 Å². The van der Waals surface area contributed by atoms with Crippen molar-refractivity contribution in [3.63, 3.8) is 0 Å². The third-order valence-electron chi connectivity index (χ3n) is 4.40. The molecule has 2 bridgehead atoms. The van der Waals surface area contributed by atoms with Crippen molar-refractivity contribution in [3.8, 4) is 0 Å². The number of thiophene rings is 1. The summed E-state index contributed by atoms with van der Waals surface area (Å²) in [5, 5.41) is 4.43. The Hall–Kier alpha value is -1.26. The van der Waals surface area contributed by atoms with Crippen molar-refractivity contribution in [2.24, 2.45) is 0 Å². The lowest BCUT2D eigenvalue weighted by Gasteiger charge is -2.35. The summed E-state index contributed by atoms with van der Waals surface area (Å²) in [6, 6.07) is 3.45. The van der Waals surface area contributed by atoms with Crippen LogP contribution in [0.4, 0.5) is 0 Å². The average Bonchev–Trinajstić information content (AvgIpc) is 2.99. The zero-order valence-corrected chi connectivity index (χ0v) is 11.9. The Labute approximate surface area is 117 Å². The summed E-state index contributed by atoms with van der Waals surface area (Å²) >= 11 is 1.79. The Balaban J connectivity index is 1.68. The molecule has 1 saturated heterocycles. The summed E-state index contributed by atoms with van der Waals surface area (Å²) in [5.41, 5.74) is 4.11. The number of aromatic nitrogens is 2. The van der Waals surface area contributed by atoms with Crippen molar-refractivity contribution < 1.29 is 0 Å². The van der Waals surface area contributed by atoms with Gasteiger partial charge in [-0.05, 0) is 42.2 Å². The summed E-state index contributed by atoms with van der Waals surface area (Å²) < 4.78 is 0. The molecule has 4 rings (SSSR count). The van der Waals surface area contributed by atoms with E-state index in [1.54, 1.807) is 11.3 Å². The average molecular weight is 271 g/mol. The van der Waals surface area contributed by atoms with Gasteiger partial charge in [-0.3, -0.25) is 4.90 Å². The summed E-state index contributed by atoms with van der Waals surface area (Å²) in [5.74, 6) is 0.907. The predicted molar refractivity (Wildman–Crippen MR) is 76.1 cm³/mol. The van der Waals surface area contributed by atoms with Crippen LogP contribution in [0.15, 0.2) is 23.0 Å². The fourth-order valence-electron chi connectivity index (χ4n) is 3.51. The first-order chi connectivity index (χ1) is 9.31. The SMILES string of the molecule is Cc1ncc2c(n1)C[C@H]1CC[C@H]2N1Cc1ccsc1. The van der Waals surface area contributed by atoms with E-state index in [0.717, 1.165) is 18.8 Å². The maximum absolute atomic E-state index is 4.65. The first-order valence-corrected chi connectivity index (χ1v) is 7.85. The van der Waals surface area contributed by atoms with Gasteiger partial charge in [-0.25, -0.2) is 9.97 Å². The van der Waals surface area contributed by atoms with Gasteiger partial charge in [-0.15, -0.1) is 0 Å². The highest BCUT2D eigenvalue weighted by Gasteiger charge is 2.40. The normalized spacial score (nSPS) is 25.5. The molecule has 0 aliphatic carbocycles. The Morgan fingerprint density at radius 2 is 2.37 bits per heavy atom. The van der Waals surface area contributed by atoms with Crippen LogP contribution in [0.3, 0.4) is 0 Å². The van der Waals surface area contributed by atoms with E-state index in [0.29, 0.717) is 12.1 Å². The molecule has 4 heteroatoms. The van der Waals surface area contributed by atoms with E-state index in [9.17, 15) is 0 Å². The Morgan fingerprint density at radius 1 is 1.42 bits per heavy atom. The number of aryl methyl sites for hydroxylation is 1. The van der Waals surface area contributed by atoms with Crippen molar-refractivity contribution >= 4 is 11.3 Å². The molecule has 0 unspecified atom stereocenters. The fourth-order valence-corrected chi connectivity index (χ4v) is 4.17. The zero-order valence-electron chi connectivity index (χ0n) is 11.0. The molecule has 4 heterocycles. The quantitative estimate of drug-likeness (QED) is 0.840. The van der Waals surface area contributed by atoms with Crippen molar-refractivity contribution in [2.45, 2.75) is 44.8 Å². The Bertz CT molecular complexity index is 593. The second kappa shape index (κ2) is 4.39. The molecular weight excluding hydrogens is 254 g/mol. The molecule has 2 atom stereocenters. The minimum atomic E-state index is 0.536. The monoisotopic (exact) mass is 271 g/mol. The summed E-state index contributed by atoms with van der Waals surface area (Å²) in [6.07, 6.45) is 5.71. The number of nitrogens with zero attached hydrogens (tertiary/aromatic N) is 3. The topological polar surface area (TPSA) is 29.0 Å². The minimum Gasteiger partial charge on any atom is -0.289 e. The van der Waals surface area contributed by atoms with Gasteiger partial charge in [0.05, 0.1) is 5.69 Å². The molecule has 1 fully saturated rings. The van der Waals surface area contributed by atoms with Crippen LogP contribution in [0.25, 0.3) is 0 Å². The Kier molecular flexibility index (Phi) is 2.67. The van der Waals surface area contributed by atoms with Crippen molar-refractivity contribution in [3.05, 3.63) is 45.7 Å². The largest absolute Gasteiger partial charge is 0.289 e. The molecule has 0 amide bonds. The van der Waals surface area contributed by atoms with E-state index in [4.69, 9.17) is 0 Å². The molecule has 2 aliphatic heterocycles. The predicted octanol–water partition coefficient (Wildman–Crippen LogP) is 3.11. The molecule has 0 saturated carbocycles. The molecule has 19 heavy (non-hydrogen) atoms. The van der Waals surface area contributed by atoms with Crippen molar-refractivity contribution in [2.75, 3.05) is 0 Å². The van der Waals surface area contributed by atoms with Gasteiger partial charge >= 0.3 is 0 Å². The van der Waals surface area contributed by atoms with Crippen molar-refractivity contribution in [1.29, 1.82) is 0 Å². The second-order valence-corrected chi connectivity index (χ2v) is 6.35. The van der Waals surface area contributed by atoms with Crippen LogP contribution in [0.2, 0.25) is 0 Å². The lowest BCUT2D eigenvalue weighted by Crippen LogP contribution is -2.37. The third-order valence-corrected chi connectivity index (χ3v) is 5.13. The maximum atomic E-state index is 4.65. The zero-order chi connectivity index (χ0) is 12.8. The molecule has 0 radical (unpaired) electrons. The highest BCUT2D eigenvalue weighted by Crippen LogP contribution is 2.43. The van der Waals surface area contributed by atoms with E-state index < -0.39 is 0 Å². The summed E-state index contributed by atoms with van der Waals surface area (Å²) in [6.45, 7) is 3.06. The van der Waals surface area contributed by atoms with Crippen molar-refractivity contribution in [1.82, 2.24) is 14.9 Å². The molecule has 2 aliphatic rings. The maximum Gasteiger partial charge on any atom is 0.125 e. The van der Waals surface area contributed by atoms with Gasteiger partial charge in [0.1, 0.15) is 5.82 Å². The third kappa shape index (κ3) is 1.90. The lowest BCUT2D eigenvalue weighted by atomic mass is 9.99. The molecule has 3 nitrogen and oxygen atoms in total. The molecule has 0 aromatic carbocycles. The van der Waals surface area contributed by atoms with Gasteiger partial charge < -0.3 is 0 Å². The van der Waals surface area contributed by atoms with E-state index in [1.165, 1.54) is 29.7 Å². The molecule has 0 N–H and O–H groups in total. The molecule has 2 aromatic rings. The number of fused-ring (bicyclic) bond motifs is 4. The van der Waals surface area contributed by atoms with E-state index >= 15 is 0 Å². The van der Waals surface area contributed by atoms with E-state index in [2.05, 4.69) is 37.9 Å². The summed E-state index contributed by atoms with van der Waals surface area (Å²) in [7, 11) is 0. The smallest absolute Gasteiger partial charge is 0.125 e. The number of hydrogen-bond acceptors (Lipinski definition) is 4. The van der Waals surface area contributed by atoms with Gasteiger partial charge in [-0.1, -0.05) is 0 Å². The highest BCUT2D eigenvalue weighted by molar-refractivity contribution is 7.07. The molecular formula is C15H17N3S. The van der Waals surface area contributed by atoms with E-state index in [1.807, 2.05) is 6.92 Å². The number of rotatable bonds is 2. The minimum absolute atomic E-state index is 0.536. The van der Waals surface area contributed by atoms with Gasteiger partial charge in [0.2, 0.25) is 0 Å². The van der Waals surface area contributed by atoms with Crippen LogP contribution in [-0.4, -0.2) is 20.9 Å². The standard InChI is InChI=1S/C15H17N3S/c1-10-16-7-13-14(17-10)6-12-2-3-15(13)18(12)8-11-4-5-19-9-11/h4-5,7,9,12,15H,2-3,6,8H2,1H3/t12-,15-/m1/s1. The van der Waals surface area contributed by atoms with Crippen LogP contribution in [0.1, 0.15) is 41.5 Å². The summed E-state index contributed by atoms with van der Waals surface area (Å²) in [4.78, 5) is 11.7. The van der Waals surface area contributed by atoms with Crippen LogP contribution < -0.4 is 0 Å². The first-order valence-electron chi connectivity index (χ1n) is 6.90. The van der Waals surface area contributed by atoms with Crippen LogP contribution in [0.5, 0.6) is 0 Å². The fraction of sp³-hybridized carbons (Fsp3) is 0.467. The lowest BCUT2D eigenvalue weighted by molar-refractivity contribution is 0.166. The van der Waals surface area contributed by atoms with E-state index in [-0.39, 0.29) is 0 Å². The van der Waals surface area contributed by atoms with Gasteiger partial charge in [0.25, 0.3) is 0 Å². The van der Waals surface area contributed by atoms with Crippen LogP contribution in [0, 0.1) is 6.92 Å². The first kappa shape index (κ1) is 11.6.